The van der Waals surface area contributed by atoms with E-state index in [0.29, 0.717) is 43.0 Å². The van der Waals surface area contributed by atoms with Gasteiger partial charge in [-0.15, -0.1) is 0 Å². The highest BCUT2D eigenvalue weighted by Gasteiger charge is 2.34. The van der Waals surface area contributed by atoms with Crippen LogP contribution in [0.15, 0.2) is 37.1 Å². The van der Waals surface area contributed by atoms with E-state index in [1.165, 1.54) is 6.08 Å². The number of ether oxygens (including phenoxy) is 2. The van der Waals surface area contributed by atoms with Crippen LogP contribution in [0, 0.1) is 12.7 Å². The Morgan fingerprint density at radius 2 is 1.98 bits per heavy atom. The molecule has 2 saturated heterocycles. The standard InChI is InChI=1S/C32H37ClFN7O3/c1-7-25(42)40-14-20(4)41(15-19(40)3)31-23-12-24(33)27(26-18(2)8-9-21-13-35-39(6)30(21)26)28(34)29(23)36-32(37-31)44-17-22-16-38(5)10-11-43-22/h7-9,12-13,19-20,22H,1,10-11,14-17H2,2-6H3/t19-,20+,22?/m1/s1. The van der Waals surface area contributed by atoms with Crippen molar-refractivity contribution >= 4 is 45.1 Å². The first kappa shape index (κ1) is 30.2. The van der Waals surface area contributed by atoms with E-state index in [0.717, 1.165) is 23.0 Å². The number of amides is 1. The van der Waals surface area contributed by atoms with Crippen molar-refractivity contribution in [3.05, 3.63) is 53.5 Å². The largest absolute Gasteiger partial charge is 0.461 e. The zero-order valence-corrected chi connectivity index (χ0v) is 26.4. The average Bonchev–Trinajstić information content (AvgIpc) is 3.38. The molecule has 1 unspecified atom stereocenters. The van der Waals surface area contributed by atoms with Gasteiger partial charge < -0.3 is 24.2 Å². The molecule has 6 rings (SSSR count). The Morgan fingerprint density at radius 1 is 1.18 bits per heavy atom. The predicted molar refractivity (Wildman–Crippen MR) is 170 cm³/mol. The fraction of sp³-hybridized carbons (Fsp3) is 0.438. The maximum Gasteiger partial charge on any atom is 0.319 e. The summed E-state index contributed by atoms with van der Waals surface area (Å²) in [6.45, 7) is 12.9. The number of likely N-dealkylation sites (N-methyl/N-ethyl adjacent to an activating group) is 1. The van der Waals surface area contributed by atoms with E-state index in [2.05, 4.69) is 26.5 Å². The second kappa shape index (κ2) is 11.9. The number of rotatable bonds is 6. The van der Waals surface area contributed by atoms with Gasteiger partial charge in [0.25, 0.3) is 0 Å². The number of anilines is 1. The van der Waals surface area contributed by atoms with E-state index in [4.69, 9.17) is 26.1 Å². The molecule has 44 heavy (non-hydrogen) atoms. The lowest BCUT2D eigenvalue weighted by atomic mass is 9.96. The van der Waals surface area contributed by atoms with Crippen molar-refractivity contribution in [1.82, 2.24) is 29.5 Å². The van der Waals surface area contributed by atoms with Crippen molar-refractivity contribution in [3.8, 4) is 17.1 Å². The second-order valence-electron chi connectivity index (χ2n) is 11.8. The van der Waals surface area contributed by atoms with Gasteiger partial charge in [0.15, 0.2) is 5.82 Å². The molecule has 232 valence electrons. The van der Waals surface area contributed by atoms with Gasteiger partial charge >= 0.3 is 6.01 Å². The molecular formula is C32H37ClFN7O3. The minimum atomic E-state index is -0.562. The summed E-state index contributed by atoms with van der Waals surface area (Å²) in [4.78, 5) is 28.0. The Kier molecular flexibility index (Phi) is 8.21. The summed E-state index contributed by atoms with van der Waals surface area (Å²) in [6.07, 6.45) is 2.91. The van der Waals surface area contributed by atoms with Gasteiger partial charge in [0.2, 0.25) is 5.91 Å². The van der Waals surface area contributed by atoms with Gasteiger partial charge in [-0.2, -0.15) is 15.1 Å². The predicted octanol–water partition coefficient (Wildman–Crippen LogP) is 4.61. The van der Waals surface area contributed by atoms with Crippen molar-refractivity contribution in [2.24, 2.45) is 7.05 Å². The molecule has 0 bridgehead atoms. The van der Waals surface area contributed by atoms with E-state index in [9.17, 15) is 4.79 Å². The van der Waals surface area contributed by atoms with Crippen LogP contribution in [0.1, 0.15) is 19.4 Å². The van der Waals surface area contributed by atoms with E-state index >= 15 is 4.39 Å². The number of aromatic nitrogens is 4. The molecule has 0 saturated carbocycles. The molecule has 0 aliphatic carbocycles. The number of carbonyl (C=O) groups is 1. The smallest absolute Gasteiger partial charge is 0.319 e. The topological polar surface area (TPSA) is 88.8 Å². The summed E-state index contributed by atoms with van der Waals surface area (Å²) in [7, 11) is 3.86. The van der Waals surface area contributed by atoms with Gasteiger partial charge in [-0.3, -0.25) is 9.48 Å². The Bertz CT molecular complexity index is 1760. The third-order valence-electron chi connectivity index (χ3n) is 8.66. The lowest BCUT2D eigenvalue weighted by Gasteiger charge is -2.44. The first-order valence-corrected chi connectivity index (χ1v) is 15.2. The second-order valence-corrected chi connectivity index (χ2v) is 12.3. The van der Waals surface area contributed by atoms with Crippen LogP contribution in [-0.4, -0.2) is 100 Å². The van der Waals surface area contributed by atoms with Crippen molar-refractivity contribution in [2.75, 3.05) is 51.3 Å². The number of fused-ring (bicyclic) bond motifs is 2. The highest BCUT2D eigenvalue weighted by molar-refractivity contribution is 6.35. The van der Waals surface area contributed by atoms with Crippen LogP contribution in [-0.2, 0) is 16.6 Å². The van der Waals surface area contributed by atoms with Gasteiger partial charge in [-0.25, -0.2) is 4.39 Å². The van der Waals surface area contributed by atoms with E-state index in [1.54, 1.807) is 21.8 Å². The molecule has 3 atom stereocenters. The molecule has 0 spiro atoms. The molecule has 0 radical (unpaired) electrons. The summed E-state index contributed by atoms with van der Waals surface area (Å²) >= 11 is 6.95. The molecule has 0 N–H and O–H groups in total. The van der Waals surface area contributed by atoms with E-state index in [-0.39, 0.29) is 52.8 Å². The number of aryl methyl sites for hydroxylation is 2. The zero-order valence-electron chi connectivity index (χ0n) is 25.7. The molecule has 2 aromatic carbocycles. The van der Waals surface area contributed by atoms with Gasteiger partial charge in [0.05, 0.1) is 23.3 Å². The number of hydrogen-bond acceptors (Lipinski definition) is 8. The van der Waals surface area contributed by atoms with Crippen LogP contribution in [0.2, 0.25) is 5.02 Å². The molecule has 2 aliphatic heterocycles. The minimum Gasteiger partial charge on any atom is -0.461 e. The molecule has 4 heterocycles. The first-order chi connectivity index (χ1) is 21.1. The highest BCUT2D eigenvalue weighted by Crippen LogP contribution is 2.43. The molecule has 10 nitrogen and oxygen atoms in total. The summed E-state index contributed by atoms with van der Waals surface area (Å²) in [5.41, 5.74) is 2.65. The van der Waals surface area contributed by atoms with Gasteiger partial charge in [-0.05, 0) is 45.5 Å². The third-order valence-corrected chi connectivity index (χ3v) is 8.96. The van der Waals surface area contributed by atoms with Crippen molar-refractivity contribution < 1.29 is 18.7 Å². The maximum atomic E-state index is 16.9. The monoisotopic (exact) mass is 621 g/mol. The zero-order chi connectivity index (χ0) is 31.3. The van der Waals surface area contributed by atoms with Crippen LogP contribution < -0.4 is 9.64 Å². The fourth-order valence-electron chi connectivity index (χ4n) is 6.34. The molecule has 12 heteroatoms. The Labute approximate surface area is 261 Å². The lowest BCUT2D eigenvalue weighted by Crippen LogP contribution is -2.58. The summed E-state index contributed by atoms with van der Waals surface area (Å²) in [6, 6.07) is 5.42. The van der Waals surface area contributed by atoms with Crippen LogP contribution in [0.25, 0.3) is 32.9 Å². The number of hydrogen-bond donors (Lipinski definition) is 0. The van der Waals surface area contributed by atoms with Crippen molar-refractivity contribution in [3.63, 3.8) is 0 Å². The quantitative estimate of drug-likeness (QED) is 0.289. The number of halogens is 2. The van der Waals surface area contributed by atoms with Gasteiger partial charge in [-0.1, -0.05) is 30.3 Å². The van der Waals surface area contributed by atoms with Crippen LogP contribution in [0.5, 0.6) is 6.01 Å². The van der Waals surface area contributed by atoms with Gasteiger partial charge in [0, 0.05) is 67.2 Å². The fourth-order valence-corrected chi connectivity index (χ4v) is 6.62. The Hall–Kier alpha value is -3.80. The molecule has 1 amide bonds. The Morgan fingerprint density at radius 3 is 2.73 bits per heavy atom. The first-order valence-electron chi connectivity index (χ1n) is 14.8. The van der Waals surface area contributed by atoms with Crippen molar-refractivity contribution in [2.45, 2.75) is 39.0 Å². The summed E-state index contributed by atoms with van der Waals surface area (Å²) in [5.74, 6) is -0.191. The minimum absolute atomic E-state index is 0.0522. The summed E-state index contributed by atoms with van der Waals surface area (Å²) in [5, 5.41) is 5.98. The highest BCUT2D eigenvalue weighted by atomic mass is 35.5. The van der Waals surface area contributed by atoms with Gasteiger partial charge in [0.1, 0.15) is 24.0 Å². The number of morpholine rings is 1. The number of benzene rings is 2. The molecular weight excluding hydrogens is 585 g/mol. The number of carbonyl (C=O) groups excluding carboxylic acids is 1. The molecule has 2 fully saturated rings. The van der Waals surface area contributed by atoms with Crippen LogP contribution in [0.3, 0.4) is 0 Å². The van der Waals surface area contributed by atoms with Crippen molar-refractivity contribution in [1.29, 1.82) is 0 Å². The average molecular weight is 622 g/mol. The number of piperazine rings is 1. The normalized spacial score (nSPS) is 21.3. The maximum absolute atomic E-state index is 16.9. The molecule has 4 aromatic rings. The summed E-state index contributed by atoms with van der Waals surface area (Å²) < 4.78 is 30.7. The SMILES string of the molecule is C=CC(=O)N1C[C@H](C)N(c2nc(OCC3CN(C)CCO3)nc3c(F)c(-c4c(C)ccc5cnn(C)c45)c(Cl)cc23)C[C@H]1C. The van der Waals surface area contributed by atoms with Crippen LogP contribution in [0.4, 0.5) is 10.2 Å². The third kappa shape index (κ3) is 5.37. The molecule has 2 aromatic heterocycles. The lowest BCUT2D eigenvalue weighted by molar-refractivity contribution is -0.128. The van der Waals surface area contributed by atoms with E-state index in [1.807, 2.05) is 47.0 Å². The van der Waals surface area contributed by atoms with E-state index < -0.39 is 5.82 Å². The number of nitrogens with zero attached hydrogens (tertiary/aromatic N) is 7. The van der Waals surface area contributed by atoms with Crippen LogP contribution >= 0.6 is 11.6 Å². The molecule has 2 aliphatic rings. The Balaban J connectivity index is 1.50.